The molecule has 0 bridgehead atoms. The number of hydrogen-bond acceptors (Lipinski definition) is 3. The molecular formula is C17H16O3. The second-order valence-corrected chi connectivity index (χ2v) is 4.25. The van der Waals surface area contributed by atoms with Gasteiger partial charge < -0.3 is 14.6 Å². The van der Waals surface area contributed by atoms with Gasteiger partial charge in [0.05, 0.1) is 7.11 Å². The lowest BCUT2D eigenvalue weighted by Crippen LogP contribution is -2.00. The molecule has 3 heteroatoms. The molecule has 20 heavy (non-hydrogen) atoms. The number of ether oxygens (including phenoxy) is 2. The Bertz CT molecular complexity index is 599. The number of aliphatic hydroxyl groups excluding tert-OH is 1. The molecule has 1 atom stereocenters. The van der Waals surface area contributed by atoms with Gasteiger partial charge in [-0.2, -0.15) is 0 Å². The molecule has 0 radical (unpaired) electrons. The maximum Gasteiger partial charge on any atom is 0.161 e. The van der Waals surface area contributed by atoms with Crippen LogP contribution in [0.25, 0.3) is 0 Å². The molecule has 1 unspecified atom stereocenters. The molecule has 102 valence electrons. The first-order chi connectivity index (χ1) is 9.74. The third kappa shape index (κ3) is 3.31. The molecule has 0 saturated carbocycles. The number of terminal acetylenes is 1. The SMILES string of the molecule is C#CC(O)c1ccc(OCc2ccccc2)c(OC)c1. The van der Waals surface area contributed by atoms with Crippen molar-refractivity contribution in [2.45, 2.75) is 12.7 Å². The van der Waals surface area contributed by atoms with Gasteiger partial charge in [0.25, 0.3) is 0 Å². The zero-order valence-corrected chi connectivity index (χ0v) is 11.2. The van der Waals surface area contributed by atoms with E-state index >= 15 is 0 Å². The minimum Gasteiger partial charge on any atom is -0.493 e. The van der Waals surface area contributed by atoms with E-state index in [1.165, 1.54) is 0 Å². The standard InChI is InChI=1S/C17H16O3/c1-3-15(18)14-9-10-16(17(11-14)19-2)20-12-13-7-5-4-6-8-13/h1,4-11,15,18H,12H2,2H3. The molecule has 0 fully saturated rings. The summed E-state index contributed by atoms with van der Waals surface area (Å²) in [5.74, 6) is 3.43. The van der Waals surface area contributed by atoms with Crippen molar-refractivity contribution >= 4 is 0 Å². The average Bonchev–Trinajstić information content (AvgIpc) is 2.53. The number of rotatable bonds is 5. The molecule has 2 aromatic carbocycles. The molecule has 0 heterocycles. The van der Waals surface area contributed by atoms with Gasteiger partial charge in [0.15, 0.2) is 11.5 Å². The van der Waals surface area contributed by atoms with Gasteiger partial charge in [0, 0.05) is 0 Å². The van der Waals surface area contributed by atoms with Crippen molar-refractivity contribution in [1.29, 1.82) is 0 Å². The summed E-state index contributed by atoms with van der Waals surface area (Å²) in [6, 6.07) is 15.0. The monoisotopic (exact) mass is 268 g/mol. The number of hydrogen-bond donors (Lipinski definition) is 1. The van der Waals surface area contributed by atoms with Crippen LogP contribution in [0.3, 0.4) is 0 Å². The fraction of sp³-hybridized carbons (Fsp3) is 0.176. The van der Waals surface area contributed by atoms with E-state index in [9.17, 15) is 5.11 Å². The summed E-state index contributed by atoms with van der Waals surface area (Å²) in [6.45, 7) is 0.453. The zero-order chi connectivity index (χ0) is 14.4. The molecule has 3 nitrogen and oxygen atoms in total. The van der Waals surface area contributed by atoms with Gasteiger partial charge >= 0.3 is 0 Å². The van der Waals surface area contributed by atoms with E-state index in [2.05, 4.69) is 5.92 Å². The van der Waals surface area contributed by atoms with Gasteiger partial charge in [-0.1, -0.05) is 42.3 Å². The van der Waals surface area contributed by atoms with Crippen molar-refractivity contribution in [3.8, 4) is 23.8 Å². The molecule has 1 N–H and O–H groups in total. The Morgan fingerprint density at radius 3 is 2.55 bits per heavy atom. The number of methoxy groups -OCH3 is 1. The van der Waals surface area contributed by atoms with Crippen molar-refractivity contribution in [3.05, 3.63) is 59.7 Å². The Morgan fingerprint density at radius 1 is 1.15 bits per heavy atom. The summed E-state index contributed by atoms with van der Waals surface area (Å²) >= 11 is 0. The highest BCUT2D eigenvalue weighted by Gasteiger charge is 2.10. The lowest BCUT2D eigenvalue weighted by atomic mass is 10.1. The van der Waals surface area contributed by atoms with Crippen LogP contribution in [0, 0.1) is 12.3 Å². The molecular weight excluding hydrogens is 252 g/mol. The second-order valence-electron chi connectivity index (χ2n) is 4.25. The minimum absolute atomic E-state index is 0.453. The molecule has 0 aromatic heterocycles. The minimum atomic E-state index is -0.938. The van der Waals surface area contributed by atoms with Crippen molar-refractivity contribution < 1.29 is 14.6 Å². The zero-order valence-electron chi connectivity index (χ0n) is 11.2. The van der Waals surface area contributed by atoms with Crippen molar-refractivity contribution in [3.63, 3.8) is 0 Å². The predicted molar refractivity (Wildman–Crippen MR) is 77.6 cm³/mol. The van der Waals surface area contributed by atoms with Crippen LogP contribution in [-0.4, -0.2) is 12.2 Å². The third-order valence-electron chi connectivity index (χ3n) is 2.90. The normalized spacial score (nSPS) is 11.4. The van der Waals surface area contributed by atoms with Crippen LogP contribution in [0.4, 0.5) is 0 Å². The summed E-state index contributed by atoms with van der Waals surface area (Å²) in [5.41, 5.74) is 1.68. The van der Waals surface area contributed by atoms with Crippen molar-refractivity contribution in [1.82, 2.24) is 0 Å². The van der Waals surface area contributed by atoms with Crippen LogP contribution in [-0.2, 0) is 6.61 Å². The van der Waals surface area contributed by atoms with E-state index in [1.807, 2.05) is 30.3 Å². The first kappa shape index (κ1) is 14.0. The fourth-order valence-corrected chi connectivity index (χ4v) is 1.81. The van der Waals surface area contributed by atoms with Crippen molar-refractivity contribution in [2.75, 3.05) is 7.11 Å². The van der Waals surface area contributed by atoms with Gasteiger partial charge in [-0.25, -0.2) is 0 Å². The Hall–Kier alpha value is -2.44. The first-order valence-corrected chi connectivity index (χ1v) is 6.23. The number of benzene rings is 2. The molecule has 0 aliphatic carbocycles. The maximum absolute atomic E-state index is 9.62. The molecule has 0 saturated heterocycles. The van der Waals surface area contributed by atoms with Crippen LogP contribution in [0.5, 0.6) is 11.5 Å². The Labute approximate surface area is 118 Å². The number of aliphatic hydroxyl groups is 1. The maximum atomic E-state index is 9.62. The predicted octanol–water partition coefficient (Wildman–Crippen LogP) is 2.94. The Balaban J connectivity index is 2.14. The van der Waals surface area contributed by atoms with Gasteiger partial charge in [-0.3, -0.25) is 0 Å². The van der Waals surface area contributed by atoms with E-state index in [4.69, 9.17) is 15.9 Å². The van der Waals surface area contributed by atoms with Gasteiger partial charge in [0.1, 0.15) is 12.7 Å². The third-order valence-corrected chi connectivity index (χ3v) is 2.90. The smallest absolute Gasteiger partial charge is 0.161 e. The molecule has 0 aliphatic rings. The highest BCUT2D eigenvalue weighted by atomic mass is 16.5. The van der Waals surface area contributed by atoms with E-state index in [-0.39, 0.29) is 0 Å². The van der Waals surface area contributed by atoms with Gasteiger partial charge in [-0.05, 0) is 23.3 Å². The van der Waals surface area contributed by atoms with Crippen LogP contribution >= 0.6 is 0 Å². The van der Waals surface area contributed by atoms with Gasteiger partial charge in [0.2, 0.25) is 0 Å². The Kier molecular flexibility index (Phi) is 4.65. The van der Waals surface area contributed by atoms with Crippen LogP contribution < -0.4 is 9.47 Å². The van der Waals surface area contributed by atoms with E-state index in [0.29, 0.717) is 23.7 Å². The summed E-state index contributed by atoms with van der Waals surface area (Å²) in [7, 11) is 1.55. The molecule has 0 amide bonds. The van der Waals surface area contributed by atoms with Gasteiger partial charge in [-0.15, -0.1) is 6.42 Å². The molecule has 2 aromatic rings. The van der Waals surface area contributed by atoms with Crippen LogP contribution in [0.1, 0.15) is 17.2 Å². The van der Waals surface area contributed by atoms with Crippen LogP contribution in [0.15, 0.2) is 48.5 Å². The molecule has 2 rings (SSSR count). The summed E-state index contributed by atoms with van der Waals surface area (Å²) < 4.78 is 11.0. The fourth-order valence-electron chi connectivity index (χ4n) is 1.81. The molecule has 0 spiro atoms. The lowest BCUT2D eigenvalue weighted by Gasteiger charge is -2.13. The average molecular weight is 268 g/mol. The second kappa shape index (κ2) is 6.65. The summed E-state index contributed by atoms with van der Waals surface area (Å²) in [4.78, 5) is 0. The highest BCUT2D eigenvalue weighted by molar-refractivity contribution is 5.44. The summed E-state index contributed by atoms with van der Waals surface area (Å²) in [5, 5.41) is 9.62. The van der Waals surface area contributed by atoms with E-state index in [1.54, 1.807) is 25.3 Å². The first-order valence-electron chi connectivity index (χ1n) is 6.23. The van der Waals surface area contributed by atoms with E-state index < -0.39 is 6.10 Å². The highest BCUT2D eigenvalue weighted by Crippen LogP contribution is 2.30. The van der Waals surface area contributed by atoms with Crippen LogP contribution in [0.2, 0.25) is 0 Å². The Morgan fingerprint density at radius 2 is 1.90 bits per heavy atom. The topological polar surface area (TPSA) is 38.7 Å². The summed E-state index contributed by atoms with van der Waals surface area (Å²) in [6.07, 6.45) is 4.26. The molecule has 0 aliphatic heterocycles. The van der Waals surface area contributed by atoms with Crippen molar-refractivity contribution in [2.24, 2.45) is 0 Å². The largest absolute Gasteiger partial charge is 0.493 e. The van der Waals surface area contributed by atoms with E-state index in [0.717, 1.165) is 5.56 Å². The quantitative estimate of drug-likeness (QED) is 0.847. The lowest BCUT2D eigenvalue weighted by molar-refractivity contribution is 0.237.